The molecule has 1 heterocycles. The monoisotopic (exact) mass is 314 g/mol. The zero-order valence-corrected chi connectivity index (χ0v) is 13.5. The molecule has 0 spiro atoms. The molecule has 0 amide bonds. The van der Waals surface area contributed by atoms with E-state index in [2.05, 4.69) is 10.0 Å². The Morgan fingerprint density at radius 3 is 2.48 bits per heavy atom. The van der Waals surface area contributed by atoms with Gasteiger partial charge >= 0.3 is 0 Å². The van der Waals surface area contributed by atoms with Gasteiger partial charge in [-0.2, -0.15) is 0 Å². The average molecular weight is 314 g/mol. The second-order valence-electron chi connectivity index (χ2n) is 5.66. The molecule has 1 aliphatic rings. The van der Waals surface area contributed by atoms with Crippen LogP contribution in [0, 0.1) is 0 Å². The van der Waals surface area contributed by atoms with E-state index in [-0.39, 0.29) is 11.1 Å². The number of furan rings is 1. The van der Waals surface area contributed by atoms with Crippen molar-refractivity contribution in [2.45, 2.75) is 69.5 Å². The topological polar surface area (TPSA) is 71.3 Å². The molecule has 0 radical (unpaired) electrons. The Balaban J connectivity index is 1.97. The molecule has 0 aliphatic heterocycles. The van der Waals surface area contributed by atoms with Crippen LogP contribution in [0.25, 0.3) is 0 Å². The first-order chi connectivity index (χ1) is 10.1. The Hall–Kier alpha value is -0.850. The van der Waals surface area contributed by atoms with Crippen molar-refractivity contribution in [1.29, 1.82) is 0 Å². The molecular formula is C15H26N2O3S. The summed E-state index contributed by atoms with van der Waals surface area (Å²) in [6, 6.07) is 3.30. The molecule has 5 nitrogen and oxygen atoms in total. The summed E-state index contributed by atoms with van der Waals surface area (Å²) in [6.45, 7) is 3.37. The normalized spacial score (nSPS) is 18.3. The Morgan fingerprint density at radius 2 is 1.81 bits per heavy atom. The van der Waals surface area contributed by atoms with Gasteiger partial charge in [0.15, 0.2) is 0 Å². The van der Waals surface area contributed by atoms with E-state index in [1.807, 2.05) is 6.92 Å². The highest BCUT2D eigenvalue weighted by Gasteiger charge is 2.23. The fourth-order valence-electron chi connectivity index (χ4n) is 2.70. The van der Waals surface area contributed by atoms with Crippen molar-refractivity contribution in [3.05, 3.63) is 17.9 Å². The lowest BCUT2D eigenvalue weighted by atomic mass is 9.97. The van der Waals surface area contributed by atoms with Gasteiger partial charge < -0.3 is 9.73 Å². The maximum absolute atomic E-state index is 12.4. The zero-order chi connectivity index (χ0) is 15.1. The molecule has 1 saturated carbocycles. The molecule has 0 atom stereocenters. The van der Waals surface area contributed by atoms with Gasteiger partial charge in [0.2, 0.25) is 5.09 Å². The predicted octanol–water partition coefficient (Wildman–Crippen LogP) is 2.78. The van der Waals surface area contributed by atoms with E-state index in [0.717, 1.165) is 32.2 Å². The summed E-state index contributed by atoms with van der Waals surface area (Å²) in [5, 5.41) is 3.14. The van der Waals surface area contributed by atoms with Crippen LogP contribution in [0.4, 0.5) is 0 Å². The van der Waals surface area contributed by atoms with Crippen LogP contribution in [0.1, 0.15) is 57.6 Å². The number of hydrogen-bond donors (Lipinski definition) is 2. The van der Waals surface area contributed by atoms with Crippen LogP contribution < -0.4 is 10.0 Å². The largest absolute Gasteiger partial charge is 0.447 e. The zero-order valence-electron chi connectivity index (χ0n) is 12.7. The van der Waals surface area contributed by atoms with Gasteiger partial charge in [0, 0.05) is 6.04 Å². The summed E-state index contributed by atoms with van der Waals surface area (Å²) < 4.78 is 33.0. The molecule has 0 aromatic carbocycles. The van der Waals surface area contributed by atoms with E-state index >= 15 is 0 Å². The summed E-state index contributed by atoms with van der Waals surface area (Å²) in [5.41, 5.74) is 0. The molecule has 0 unspecified atom stereocenters. The summed E-state index contributed by atoms with van der Waals surface area (Å²) in [4.78, 5) is 0. The lowest BCUT2D eigenvalue weighted by molar-refractivity contribution is 0.389. The highest BCUT2D eigenvalue weighted by Crippen LogP contribution is 2.20. The quantitative estimate of drug-likeness (QED) is 0.847. The van der Waals surface area contributed by atoms with Crippen molar-refractivity contribution in [2.75, 3.05) is 6.54 Å². The van der Waals surface area contributed by atoms with Crippen molar-refractivity contribution in [3.8, 4) is 0 Å². The first-order valence-corrected chi connectivity index (χ1v) is 9.42. The van der Waals surface area contributed by atoms with Crippen LogP contribution in [-0.2, 0) is 16.6 Å². The molecule has 120 valence electrons. The summed E-state index contributed by atoms with van der Waals surface area (Å²) in [6.07, 6.45) is 7.70. The number of nitrogens with one attached hydrogen (secondary N) is 2. The van der Waals surface area contributed by atoms with Crippen LogP contribution in [0.15, 0.2) is 21.6 Å². The molecule has 1 aromatic heterocycles. The van der Waals surface area contributed by atoms with Crippen molar-refractivity contribution in [2.24, 2.45) is 0 Å². The maximum atomic E-state index is 12.4. The predicted molar refractivity (Wildman–Crippen MR) is 82.5 cm³/mol. The fraction of sp³-hybridized carbons (Fsp3) is 0.733. The van der Waals surface area contributed by atoms with Crippen molar-refractivity contribution in [3.63, 3.8) is 0 Å². The Bertz CT molecular complexity index is 517. The summed E-state index contributed by atoms with van der Waals surface area (Å²) >= 11 is 0. The molecule has 0 bridgehead atoms. The first-order valence-electron chi connectivity index (χ1n) is 7.93. The molecule has 1 aliphatic carbocycles. The molecule has 1 fully saturated rings. The van der Waals surface area contributed by atoms with Crippen LogP contribution in [-0.4, -0.2) is 21.0 Å². The Morgan fingerprint density at radius 1 is 1.14 bits per heavy atom. The van der Waals surface area contributed by atoms with Crippen molar-refractivity contribution < 1.29 is 12.8 Å². The lowest BCUT2D eigenvalue weighted by Crippen LogP contribution is -2.35. The molecule has 1 aromatic rings. The Kier molecular flexibility index (Phi) is 6.26. The van der Waals surface area contributed by atoms with Gasteiger partial charge in [0.25, 0.3) is 10.0 Å². The second-order valence-corrected chi connectivity index (χ2v) is 7.31. The van der Waals surface area contributed by atoms with Crippen LogP contribution in [0.5, 0.6) is 0 Å². The van der Waals surface area contributed by atoms with Crippen molar-refractivity contribution in [1.82, 2.24) is 10.0 Å². The number of rotatable bonds is 6. The highest BCUT2D eigenvalue weighted by molar-refractivity contribution is 7.89. The standard InChI is InChI=1S/C15H26N2O3S/c1-2-16-12-14-10-11-15(20-14)21(18,19)17-13-8-6-4-3-5-7-9-13/h10-11,13,16-17H,2-9,12H2,1H3. The summed E-state index contributed by atoms with van der Waals surface area (Å²) in [7, 11) is -3.54. The SMILES string of the molecule is CCNCc1ccc(S(=O)(=O)NC2CCCCCCC2)o1. The van der Waals surface area contributed by atoms with Crippen LogP contribution in [0.2, 0.25) is 0 Å². The van der Waals surface area contributed by atoms with Gasteiger partial charge in [0.05, 0.1) is 6.54 Å². The first kappa shape index (κ1) is 16.5. The van der Waals surface area contributed by atoms with Gasteiger partial charge in [-0.3, -0.25) is 0 Å². The minimum absolute atomic E-state index is 0.0254. The van der Waals surface area contributed by atoms with Gasteiger partial charge in [-0.1, -0.05) is 39.0 Å². The van der Waals surface area contributed by atoms with Crippen LogP contribution >= 0.6 is 0 Å². The molecule has 2 N–H and O–H groups in total. The van der Waals surface area contributed by atoms with Gasteiger partial charge in [0.1, 0.15) is 5.76 Å². The summed E-state index contributed by atoms with van der Waals surface area (Å²) in [5.74, 6) is 0.648. The van der Waals surface area contributed by atoms with Crippen molar-refractivity contribution >= 4 is 10.0 Å². The van der Waals surface area contributed by atoms with E-state index in [4.69, 9.17) is 4.42 Å². The molecule has 6 heteroatoms. The smallest absolute Gasteiger partial charge is 0.274 e. The van der Waals surface area contributed by atoms with E-state index < -0.39 is 10.0 Å². The minimum Gasteiger partial charge on any atom is -0.447 e. The minimum atomic E-state index is -3.54. The van der Waals surface area contributed by atoms with Crippen LogP contribution in [0.3, 0.4) is 0 Å². The molecular weight excluding hydrogens is 288 g/mol. The third-order valence-electron chi connectivity index (χ3n) is 3.88. The highest BCUT2D eigenvalue weighted by atomic mass is 32.2. The third kappa shape index (κ3) is 5.13. The molecule has 2 rings (SSSR count). The van der Waals surface area contributed by atoms with E-state index in [0.29, 0.717) is 12.3 Å². The van der Waals surface area contributed by atoms with Gasteiger partial charge in [-0.05, 0) is 31.5 Å². The van der Waals surface area contributed by atoms with E-state index in [1.165, 1.54) is 25.3 Å². The third-order valence-corrected chi connectivity index (χ3v) is 5.27. The average Bonchev–Trinajstić information content (AvgIpc) is 2.89. The Labute approximate surface area is 127 Å². The second kappa shape index (κ2) is 7.96. The molecule has 21 heavy (non-hydrogen) atoms. The van der Waals surface area contributed by atoms with Gasteiger partial charge in [-0.25, -0.2) is 13.1 Å². The number of sulfonamides is 1. The van der Waals surface area contributed by atoms with E-state index in [9.17, 15) is 8.42 Å². The van der Waals surface area contributed by atoms with Gasteiger partial charge in [-0.15, -0.1) is 0 Å². The fourth-order valence-corrected chi connectivity index (χ4v) is 3.95. The number of hydrogen-bond acceptors (Lipinski definition) is 4. The van der Waals surface area contributed by atoms with E-state index in [1.54, 1.807) is 6.07 Å². The lowest BCUT2D eigenvalue weighted by Gasteiger charge is -2.20. The maximum Gasteiger partial charge on any atom is 0.274 e. The molecule has 0 saturated heterocycles.